The fraction of sp³-hybridized carbons (Fsp3) is 0.609. The van der Waals surface area contributed by atoms with Crippen LogP contribution in [0.25, 0.3) is 0 Å². The molecule has 32 heavy (non-hydrogen) atoms. The Kier molecular flexibility index (Phi) is 8.89. The normalized spacial score (nSPS) is 16.9. The summed E-state index contributed by atoms with van der Waals surface area (Å²) in [5.41, 5.74) is 0.621. The standard InChI is InChI=1S/C23H37N5O4/c1-22(2,3)32-21(30)28-23(4,5)15-26-20(24-6)25-14-16-9-7-10-17(13-16)27-19(29)18-11-8-12-31-18/h7,9-10,13,18H,8,11-12,14-15H2,1-6H3,(H,27,29)(H,28,30)(H2,24,25,26). The highest BCUT2D eigenvalue weighted by molar-refractivity contribution is 5.94. The van der Waals surface area contributed by atoms with Gasteiger partial charge in [-0.1, -0.05) is 12.1 Å². The molecule has 1 unspecified atom stereocenters. The topological polar surface area (TPSA) is 113 Å². The van der Waals surface area contributed by atoms with Crippen molar-refractivity contribution in [3.63, 3.8) is 0 Å². The Morgan fingerprint density at radius 3 is 2.56 bits per heavy atom. The Balaban J connectivity index is 1.83. The molecule has 2 amide bonds. The van der Waals surface area contributed by atoms with Crippen LogP contribution in [0.3, 0.4) is 0 Å². The second kappa shape index (κ2) is 11.2. The van der Waals surface area contributed by atoms with Crippen molar-refractivity contribution in [2.24, 2.45) is 4.99 Å². The molecule has 0 spiro atoms. The molecule has 1 atom stereocenters. The minimum Gasteiger partial charge on any atom is -0.444 e. The van der Waals surface area contributed by atoms with Gasteiger partial charge in [-0.25, -0.2) is 4.79 Å². The third kappa shape index (κ3) is 9.13. The van der Waals surface area contributed by atoms with Crippen molar-refractivity contribution in [1.82, 2.24) is 16.0 Å². The SMILES string of the molecule is CN=C(NCc1cccc(NC(=O)C2CCCO2)c1)NCC(C)(C)NC(=O)OC(C)(C)C. The zero-order chi connectivity index (χ0) is 23.8. The van der Waals surface area contributed by atoms with Gasteiger partial charge in [-0.2, -0.15) is 0 Å². The molecule has 9 nitrogen and oxygen atoms in total. The van der Waals surface area contributed by atoms with Gasteiger partial charge >= 0.3 is 6.09 Å². The first kappa shape index (κ1) is 25.5. The number of carbonyl (C=O) groups excluding carboxylic acids is 2. The van der Waals surface area contributed by atoms with Gasteiger partial charge in [0, 0.05) is 32.4 Å². The van der Waals surface area contributed by atoms with E-state index in [4.69, 9.17) is 9.47 Å². The van der Waals surface area contributed by atoms with E-state index in [1.54, 1.807) is 7.05 Å². The number of aliphatic imine (C=N–C) groups is 1. The molecule has 1 aromatic carbocycles. The number of guanidine groups is 1. The van der Waals surface area contributed by atoms with Gasteiger partial charge in [-0.05, 0) is 65.2 Å². The number of carbonyl (C=O) groups is 2. The van der Waals surface area contributed by atoms with E-state index in [2.05, 4.69) is 26.3 Å². The molecular weight excluding hydrogens is 410 g/mol. The summed E-state index contributed by atoms with van der Waals surface area (Å²) in [6, 6.07) is 7.64. The maximum atomic E-state index is 12.3. The van der Waals surface area contributed by atoms with E-state index in [1.807, 2.05) is 58.9 Å². The van der Waals surface area contributed by atoms with Crippen LogP contribution in [0.15, 0.2) is 29.3 Å². The zero-order valence-electron chi connectivity index (χ0n) is 20.0. The largest absolute Gasteiger partial charge is 0.444 e. The first-order valence-electron chi connectivity index (χ1n) is 10.9. The molecule has 1 aromatic rings. The van der Waals surface area contributed by atoms with Crippen molar-refractivity contribution in [2.45, 2.75) is 71.2 Å². The van der Waals surface area contributed by atoms with Crippen LogP contribution < -0.4 is 21.3 Å². The Hall–Kier alpha value is -2.81. The van der Waals surface area contributed by atoms with Gasteiger partial charge in [-0.15, -0.1) is 0 Å². The lowest BCUT2D eigenvalue weighted by molar-refractivity contribution is -0.124. The van der Waals surface area contributed by atoms with Gasteiger partial charge in [0.1, 0.15) is 11.7 Å². The Labute approximate surface area is 190 Å². The molecule has 1 saturated heterocycles. The summed E-state index contributed by atoms with van der Waals surface area (Å²) < 4.78 is 10.8. The number of ether oxygens (including phenoxy) is 2. The summed E-state index contributed by atoms with van der Waals surface area (Å²) in [4.78, 5) is 28.5. The van der Waals surface area contributed by atoms with Gasteiger partial charge in [0.15, 0.2) is 5.96 Å². The molecule has 1 heterocycles. The minimum absolute atomic E-state index is 0.107. The highest BCUT2D eigenvalue weighted by Crippen LogP contribution is 2.16. The first-order chi connectivity index (χ1) is 15.0. The summed E-state index contributed by atoms with van der Waals surface area (Å²) in [6.07, 6.45) is 0.846. The monoisotopic (exact) mass is 447 g/mol. The van der Waals surface area contributed by atoms with Crippen LogP contribution in [0.1, 0.15) is 53.0 Å². The van der Waals surface area contributed by atoms with E-state index in [1.165, 1.54) is 0 Å². The maximum absolute atomic E-state index is 12.3. The van der Waals surface area contributed by atoms with Crippen molar-refractivity contribution in [3.05, 3.63) is 29.8 Å². The second-order valence-electron chi connectivity index (χ2n) is 9.48. The lowest BCUT2D eigenvalue weighted by Crippen LogP contribution is -2.54. The predicted octanol–water partition coefficient (Wildman–Crippen LogP) is 2.77. The average molecular weight is 448 g/mol. The van der Waals surface area contributed by atoms with Gasteiger partial charge in [0.25, 0.3) is 5.91 Å². The summed E-state index contributed by atoms with van der Waals surface area (Å²) in [7, 11) is 1.68. The molecule has 1 aliphatic heterocycles. The fourth-order valence-corrected chi connectivity index (χ4v) is 3.10. The van der Waals surface area contributed by atoms with E-state index < -0.39 is 17.2 Å². The number of hydrogen-bond donors (Lipinski definition) is 4. The van der Waals surface area contributed by atoms with Crippen LogP contribution in [-0.4, -0.2) is 55.4 Å². The van der Waals surface area contributed by atoms with Gasteiger partial charge < -0.3 is 30.7 Å². The molecular formula is C23H37N5O4. The number of nitrogens with one attached hydrogen (secondary N) is 4. The third-order valence-electron chi connectivity index (χ3n) is 4.64. The first-order valence-corrected chi connectivity index (χ1v) is 10.9. The van der Waals surface area contributed by atoms with Crippen LogP contribution in [0, 0.1) is 0 Å². The highest BCUT2D eigenvalue weighted by atomic mass is 16.6. The lowest BCUT2D eigenvalue weighted by Gasteiger charge is -2.29. The Morgan fingerprint density at radius 1 is 1.19 bits per heavy atom. The second-order valence-corrected chi connectivity index (χ2v) is 9.48. The number of rotatable bonds is 7. The number of alkyl carbamates (subject to hydrolysis) is 1. The molecule has 9 heteroatoms. The van der Waals surface area contributed by atoms with Crippen molar-refractivity contribution in [3.8, 4) is 0 Å². The summed E-state index contributed by atoms with van der Waals surface area (Å²) in [5.74, 6) is 0.489. The smallest absolute Gasteiger partial charge is 0.408 e. The van der Waals surface area contributed by atoms with Gasteiger partial charge in [0.05, 0.1) is 5.54 Å². The third-order valence-corrected chi connectivity index (χ3v) is 4.64. The molecule has 4 N–H and O–H groups in total. The highest BCUT2D eigenvalue weighted by Gasteiger charge is 2.25. The average Bonchev–Trinajstić information content (AvgIpc) is 3.21. The van der Waals surface area contributed by atoms with Crippen molar-refractivity contribution >= 4 is 23.6 Å². The Morgan fingerprint density at radius 2 is 1.94 bits per heavy atom. The van der Waals surface area contributed by atoms with Crippen LogP contribution in [0.2, 0.25) is 0 Å². The lowest BCUT2D eigenvalue weighted by atomic mass is 10.1. The molecule has 178 valence electrons. The zero-order valence-corrected chi connectivity index (χ0v) is 20.0. The molecule has 1 fully saturated rings. The summed E-state index contributed by atoms with van der Waals surface area (Å²) >= 11 is 0. The van der Waals surface area contributed by atoms with E-state index in [9.17, 15) is 9.59 Å². The van der Waals surface area contributed by atoms with Crippen molar-refractivity contribution in [2.75, 3.05) is 25.5 Å². The van der Waals surface area contributed by atoms with E-state index in [0.717, 1.165) is 24.1 Å². The summed E-state index contributed by atoms with van der Waals surface area (Å²) in [6.45, 7) is 10.9. The molecule has 0 radical (unpaired) electrons. The maximum Gasteiger partial charge on any atom is 0.408 e. The van der Waals surface area contributed by atoms with E-state index >= 15 is 0 Å². The van der Waals surface area contributed by atoms with E-state index in [0.29, 0.717) is 25.7 Å². The number of anilines is 1. The Bertz CT molecular complexity index is 811. The van der Waals surface area contributed by atoms with Crippen LogP contribution in [0.4, 0.5) is 10.5 Å². The number of benzene rings is 1. The van der Waals surface area contributed by atoms with Gasteiger partial charge in [-0.3, -0.25) is 9.79 Å². The van der Waals surface area contributed by atoms with Crippen LogP contribution in [0.5, 0.6) is 0 Å². The number of nitrogens with zero attached hydrogens (tertiary/aromatic N) is 1. The molecule has 2 rings (SSSR count). The molecule has 1 aliphatic rings. The molecule has 0 aliphatic carbocycles. The quantitative estimate of drug-likeness (QED) is 0.378. The number of amides is 2. The van der Waals surface area contributed by atoms with E-state index in [-0.39, 0.29) is 12.0 Å². The van der Waals surface area contributed by atoms with Crippen LogP contribution >= 0.6 is 0 Å². The van der Waals surface area contributed by atoms with Crippen molar-refractivity contribution in [1.29, 1.82) is 0 Å². The summed E-state index contributed by atoms with van der Waals surface area (Å²) in [5, 5.41) is 12.2. The molecule has 0 aromatic heterocycles. The number of hydrogen-bond acceptors (Lipinski definition) is 5. The van der Waals surface area contributed by atoms with Gasteiger partial charge in [0.2, 0.25) is 0 Å². The minimum atomic E-state index is -0.552. The van der Waals surface area contributed by atoms with Crippen LogP contribution in [-0.2, 0) is 20.8 Å². The fourth-order valence-electron chi connectivity index (χ4n) is 3.10. The molecule has 0 saturated carbocycles. The predicted molar refractivity (Wildman–Crippen MR) is 126 cm³/mol. The molecule has 0 bridgehead atoms. The van der Waals surface area contributed by atoms with Crippen molar-refractivity contribution < 1.29 is 19.1 Å².